The number of fused-ring (bicyclic) bond motifs is 2. The normalized spacial score (nSPS) is 31.0. The molecule has 19 heavy (non-hydrogen) atoms. The topological polar surface area (TPSA) is 17.1 Å². The lowest BCUT2D eigenvalue weighted by Crippen LogP contribution is -2.08. The van der Waals surface area contributed by atoms with Crippen LogP contribution in [0.4, 0.5) is 0 Å². The Kier molecular flexibility index (Phi) is 2.18. The van der Waals surface area contributed by atoms with E-state index in [-0.39, 0.29) is 0 Å². The molecule has 3 unspecified atom stereocenters. The Morgan fingerprint density at radius 3 is 2.63 bits per heavy atom. The molecule has 2 aromatic rings. The summed E-state index contributed by atoms with van der Waals surface area (Å²) in [6.07, 6.45) is 2.72. The van der Waals surface area contributed by atoms with Gasteiger partial charge in [-0.25, -0.2) is 0 Å². The summed E-state index contributed by atoms with van der Waals surface area (Å²) < 4.78 is 0. The summed E-state index contributed by atoms with van der Waals surface area (Å²) >= 11 is 0. The third kappa shape index (κ3) is 1.72. The van der Waals surface area contributed by atoms with Crippen molar-refractivity contribution in [2.24, 2.45) is 17.3 Å². The molecule has 2 aliphatic carbocycles. The zero-order valence-corrected chi connectivity index (χ0v) is 11.2. The van der Waals surface area contributed by atoms with Crippen LogP contribution in [0.3, 0.4) is 0 Å². The van der Waals surface area contributed by atoms with E-state index in [2.05, 4.69) is 37.3 Å². The van der Waals surface area contributed by atoms with Crippen LogP contribution in [0.1, 0.15) is 25.3 Å². The van der Waals surface area contributed by atoms with Crippen LogP contribution in [0, 0.1) is 17.3 Å². The number of carbonyl (C=O) groups is 1. The summed E-state index contributed by atoms with van der Waals surface area (Å²) in [6, 6.07) is 14.7. The molecular weight excluding hydrogens is 232 g/mol. The van der Waals surface area contributed by atoms with Gasteiger partial charge >= 0.3 is 0 Å². The van der Waals surface area contributed by atoms with E-state index >= 15 is 0 Å². The van der Waals surface area contributed by atoms with Gasteiger partial charge in [-0.2, -0.15) is 0 Å². The molecule has 0 N–H and O–H groups in total. The van der Waals surface area contributed by atoms with Crippen LogP contribution >= 0.6 is 0 Å². The number of rotatable bonds is 4. The van der Waals surface area contributed by atoms with E-state index in [0.29, 0.717) is 17.6 Å². The number of carbonyl (C=O) groups excluding carboxylic acids is 1. The van der Waals surface area contributed by atoms with Crippen molar-refractivity contribution in [2.75, 3.05) is 0 Å². The smallest absolute Gasteiger partial charge is 0.137 e. The Labute approximate surface area is 113 Å². The van der Waals surface area contributed by atoms with Gasteiger partial charge in [-0.15, -0.1) is 0 Å². The maximum atomic E-state index is 12.2. The molecule has 0 heterocycles. The van der Waals surface area contributed by atoms with Gasteiger partial charge in [-0.1, -0.05) is 49.4 Å². The van der Waals surface area contributed by atoms with Crippen molar-refractivity contribution in [3.05, 3.63) is 48.0 Å². The van der Waals surface area contributed by atoms with E-state index in [1.807, 2.05) is 12.1 Å². The highest BCUT2D eigenvalue weighted by Crippen LogP contribution is 2.81. The van der Waals surface area contributed by atoms with Gasteiger partial charge < -0.3 is 0 Å². The largest absolute Gasteiger partial charge is 0.299 e. The van der Waals surface area contributed by atoms with Gasteiger partial charge in [0.15, 0.2) is 0 Å². The lowest BCUT2D eigenvalue weighted by molar-refractivity contribution is -0.119. The molecule has 0 aliphatic heterocycles. The predicted molar refractivity (Wildman–Crippen MR) is 77.0 cm³/mol. The zero-order valence-electron chi connectivity index (χ0n) is 11.2. The van der Waals surface area contributed by atoms with Crippen molar-refractivity contribution in [1.82, 2.24) is 0 Å². The van der Waals surface area contributed by atoms with Crippen LogP contribution in [-0.4, -0.2) is 5.78 Å². The quantitative estimate of drug-likeness (QED) is 0.801. The first-order valence-corrected chi connectivity index (χ1v) is 7.18. The first-order chi connectivity index (χ1) is 9.19. The summed E-state index contributed by atoms with van der Waals surface area (Å²) in [5, 5.41) is 2.48. The van der Waals surface area contributed by atoms with Gasteiger partial charge in [0.2, 0.25) is 0 Å². The van der Waals surface area contributed by atoms with Crippen LogP contribution in [0.5, 0.6) is 0 Å². The average molecular weight is 250 g/mol. The van der Waals surface area contributed by atoms with Gasteiger partial charge in [0.25, 0.3) is 0 Å². The molecule has 3 atom stereocenters. The lowest BCUT2D eigenvalue weighted by atomic mass is 9.96. The Balaban J connectivity index is 1.50. The molecular formula is C18H18O. The van der Waals surface area contributed by atoms with Crippen molar-refractivity contribution in [1.29, 1.82) is 0 Å². The summed E-state index contributed by atoms with van der Waals surface area (Å²) in [5.41, 5.74) is 1.61. The molecule has 2 saturated carbocycles. The van der Waals surface area contributed by atoms with E-state index in [4.69, 9.17) is 0 Å². The second kappa shape index (κ2) is 3.69. The van der Waals surface area contributed by atoms with Gasteiger partial charge in [0, 0.05) is 12.8 Å². The predicted octanol–water partition coefficient (Wildman–Crippen LogP) is 4.00. The first kappa shape index (κ1) is 11.2. The molecule has 2 fully saturated rings. The van der Waals surface area contributed by atoms with Crippen LogP contribution in [0.15, 0.2) is 42.5 Å². The van der Waals surface area contributed by atoms with E-state index in [9.17, 15) is 4.79 Å². The molecule has 2 aliphatic rings. The van der Waals surface area contributed by atoms with Gasteiger partial charge in [-0.3, -0.25) is 4.79 Å². The second-order valence-electron chi connectivity index (χ2n) is 6.41. The number of hydrogen-bond donors (Lipinski definition) is 0. The van der Waals surface area contributed by atoms with Crippen molar-refractivity contribution in [3.63, 3.8) is 0 Å². The minimum Gasteiger partial charge on any atom is -0.299 e. The van der Waals surface area contributed by atoms with Crippen LogP contribution in [0.2, 0.25) is 0 Å². The molecule has 2 aromatic carbocycles. The minimum atomic E-state index is 0.419. The molecule has 96 valence electrons. The highest BCUT2D eigenvalue weighted by molar-refractivity contribution is 5.86. The van der Waals surface area contributed by atoms with E-state index in [0.717, 1.165) is 23.8 Å². The summed E-state index contributed by atoms with van der Waals surface area (Å²) in [6.45, 7) is 2.29. The maximum Gasteiger partial charge on any atom is 0.137 e. The monoisotopic (exact) mass is 250 g/mol. The second-order valence-corrected chi connectivity index (χ2v) is 6.41. The van der Waals surface area contributed by atoms with Crippen molar-refractivity contribution in [2.45, 2.75) is 26.2 Å². The number of hydrogen-bond acceptors (Lipinski definition) is 1. The third-order valence-corrected chi connectivity index (χ3v) is 5.32. The molecule has 0 aromatic heterocycles. The standard InChI is InChI=1S/C18H18O/c1-12-17-11-18(12,17)10-16(19)9-13-6-7-14-4-2-3-5-15(14)8-13/h2-8,12,17H,9-11H2,1H3. The van der Waals surface area contributed by atoms with E-state index in [1.54, 1.807) is 0 Å². The number of ketones is 1. The fourth-order valence-corrected chi connectivity index (χ4v) is 3.73. The number of Topliss-reactive ketones (excluding diaryl/α,β-unsaturated/α-hetero) is 1. The van der Waals surface area contributed by atoms with Crippen molar-refractivity contribution >= 4 is 16.6 Å². The highest BCUT2D eigenvalue weighted by atomic mass is 16.1. The van der Waals surface area contributed by atoms with Crippen LogP contribution < -0.4 is 0 Å². The van der Waals surface area contributed by atoms with Gasteiger partial charge in [0.05, 0.1) is 0 Å². The zero-order chi connectivity index (χ0) is 13.0. The molecule has 0 bridgehead atoms. The minimum absolute atomic E-state index is 0.419. The molecule has 4 rings (SSSR count). The van der Waals surface area contributed by atoms with Crippen LogP contribution in [0.25, 0.3) is 10.8 Å². The van der Waals surface area contributed by atoms with E-state index < -0.39 is 0 Å². The van der Waals surface area contributed by atoms with Crippen molar-refractivity contribution < 1.29 is 4.79 Å². The summed E-state index contributed by atoms with van der Waals surface area (Å²) in [5.74, 6) is 2.11. The van der Waals surface area contributed by atoms with E-state index in [1.165, 1.54) is 17.2 Å². The SMILES string of the molecule is CC1C2CC12CC(=O)Cc1ccc2ccccc2c1. The Bertz CT molecular complexity index is 666. The average Bonchev–Trinajstić information content (AvgIpc) is 3.27. The first-order valence-electron chi connectivity index (χ1n) is 7.18. The van der Waals surface area contributed by atoms with Crippen LogP contribution in [-0.2, 0) is 11.2 Å². The summed E-state index contributed by atoms with van der Waals surface area (Å²) in [4.78, 5) is 12.2. The Hall–Kier alpha value is -1.63. The Morgan fingerprint density at radius 1 is 1.21 bits per heavy atom. The fraction of sp³-hybridized carbons (Fsp3) is 0.389. The summed E-state index contributed by atoms with van der Waals surface area (Å²) in [7, 11) is 0. The molecule has 1 heteroatoms. The molecule has 1 nitrogen and oxygen atoms in total. The van der Waals surface area contributed by atoms with Gasteiger partial charge in [0.1, 0.15) is 5.78 Å². The maximum absolute atomic E-state index is 12.2. The number of benzene rings is 2. The molecule has 0 radical (unpaired) electrons. The molecule has 0 saturated heterocycles. The van der Waals surface area contributed by atoms with Crippen molar-refractivity contribution in [3.8, 4) is 0 Å². The third-order valence-electron chi connectivity index (χ3n) is 5.32. The lowest BCUT2D eigenvalue weighted by Gasteiger charge is -2.07. The fourth-order valence-electron chi connectivity index (χ4n) is 3.73. The molecule has 0 spiro atoms. The van der Waals surface area contributed by atoms with Gasteiger partial charge in [-0.05, 0) is 40.0 Å². The Morgan fingerprint density at radius 2 is 1.95 bits per heavy atom. The molecule has 0 amide bonds. The highest BCUT2D eigenvalue weighted by Gasteiger charge is 2.75.